The highest BCUT2D eigenvalue weighted by molar-refractivity contribution is 6.06. The number of urea groups is 1. The first-order valence-electron chi connectivity index (χ1n) is 9.40. The van der Waals surface area contributed by atoms with Crippen molar-refractivity contribution in [3.8, 4) is 0 Å². The van der Waals surface area contributed by atoms with Crippen LogP contribution in [0.15, 0.2) is 66.9 Å². The van der Waals surface area contributed by atoms with Gasteiger partial charge in [-0.05, 0) is 37.4 Å². The third kappa shape index (κ3) is 3.99. The Hall–Kier alpha value is -3.32. The average molecular weight is 376 g/mol. The summed E-state index contributed by atoms with van der Waals surface area (Å²) in [5.41, 5.74) is 2.65. The van der Waals surface area contributed by atoms with Crippen LogP contribution in [-0.2, 0) is 0 Å². The Morgan fingerprint density at radius 3 is 2.54 bits per heavy atom. The molecule has 7 nitrogen and oxygen atoms in total. The number of nitrogens with one attached hydrogen (secondary N) is 2. The molecule has 0 atom stereocenters. The van der Waals surface area contributed by atoms with Crippen LogP contribution in [0.25, 0.3) is 0 Å². The minimum Gasteiger partial charge on any atom is -0.369 e. The summed E-state index contributed by atoms with van der Waals surface area (Å²) in [5.74, 6) is 0.610. The van der Waals surface area contributed by atoms with E-state index in [1.165, 1.54) is 0 Å². The van der Waals surface area contributed by atoms with E-state index in [4.69, 9.17) is 0 Å². The Kier molecular flexibility index (Phi) is 5.25. The molecule has 1 fully saturated rings. The number of anilines is 4. The van der Waals surface area contributed by atoms with Crippen LogP contribution in [-0.4, -0.2) is 54.4 Å². The van der Waals surface area contributed by atoms with Crippen LogP contribution < -0.4 is 15.1 Å². The second kappa shape index (κ2) is 8.14. The van der Waals surface area contributed by atoms with Gasteiger partial charge in [0.15, 0.2) is 0 Å². The number of carbonyl (C=O) groups excluding carboxylic acids is 1. The molecule has 2 amide bonds. The molecule has 0 bridgehead atoms. The molecule has 0 spiro atoms. The van der Waals surface area contributed by atoms with Crippen molar-refractivity contribution in [3.63, 3.8) is 0 Å². The van der Waals surface area contributed by atoms with Gasteiger partial charge < -0.3 is 15.1 Å². The van der Waals surface area contributed by atoms with E-state index in [1.54, 1.807) is 17.2 Å². The smallest absolute Gasteiger partial charge is 0.332 e. The van der Waals surface area contributed by atoms with Gasteiger partial charge in [-0.25, -0.2) is 9.69 Å². The van der Waals surface area contributed by atoms with Crippen molar-refractivity contribution in [2.24, 2.45) is 0 Å². The Morgan fingerprint density at radius 2 is 1.82 bits per heavy atom. The zero-order chi connectivity index (χ0) is 19.3. The van der Waals surface area contributed by atoms with Crippen LogP contribution in [0.1, 0.15) is 0 Å². The van der Waals surface area contributed by atoms with Gasteiger partial charge in [0.2, 0.25) is 0 Å². The molecule has 0 aliphatic carbocycles. The summed E-state index contributed by atoms with van der Waals surface area (Å²) in [5, 5.41) is 9.87. The van der Waals surface area contributed by atoms with Gasteiger partial charge in [-0.1, -0.05) is 24.3 Å². The summed E-state index contributed by atoms with van der Waals surface area (Å²) in [7, 11) is 2.14. The zero-order valence-electron chi connectivity index (χ0n) is 15.9. The third-order valence-corrected chi connectivity index (χ3v) is 4.91. The summed E-state index contributed by atoms with van der Waals surface area (Å²) < 4.78 is 0. The number of amides is 2. The van der Waals surface area contributed by atoms with E-state index in [-0.39, 0.29) is 6.03 Å². The molecule has 144 valence electrons. The van der Waals surface area contributed by atoms with E-state index in [9.17, 15) is 4.79 Å². The average Bonchev–Trinajstić information content (AvgIpc) is 3.24. The van der Waals surface area contributed by atoms with Crippen molar-refractivity contribution in [1.82, 2.24) is 15.1 Å². The summed E-state index contributed by atoms with van der Waals surface area (Å²) in [6, 6.07) is 19.0. The Bertz CT molecular complexity index is 904. The molecule has 4 rings (SSSR count). The number of carbonyl (C=O) groups is 1. The fourth-order valence-electron chi connectivity index (χ4n) is 3.34. The van der Waals surface area contributed by atoms with E-state index in [0.29, 0.717) is 5.82 Å². The summed E-state index contributed by atoms with van der Waals surface area (Å²) >= 11 is 0. The van der Waals surface area contributed by atoms with Gasteiger partial charge in [-0.2, -0.15) is 5.10 Å². The number of hydrogen-bond donors (Lipinski definition) is 2. The van der Waals surface area contributed by atoms with Gasteiger partial charge in [0, 0.05) is 43.6 Å². The number of aromatic nitrogens is 2. The summed E-state index contributed by atoms with van der Waals surface area (Å²) in [6.45, 7) is 4.05. The number of benzene rings is 2. The van der Waals surface area contributed by atoms with Gasteiger partial charge in [0.25, 0.3) is 0 Å². The molecule has 28 heavy (non-hydrogen) atoms. The molecule has 1 aromatic heterocycles. The van der Waals surface area contributed by atoms with Crippen LogP contribution in [0.2, 0.25) is 0 Å². The van der Waals surface area contributed by atoms with Gasteiger partial charge in [0.1, 0.15) is 5.82 Å². The molecule has 0 radical (unpaired) electrons. The lowest BCUT2D eigenvalue weighted by Gasteiger charge is -2.34. The first-order chi connectivity index (χ1) is 13.7. The number of likely N-dealkylation sites (N-methyl/N-ethyl adjacent to an activating group) is 1. The maximum Gasteiger partial charge on any atom is 0.332 e. The van der Waals surface area contributed by atoms with E-state index >= 15 is 0 Å². The molecule has 0 unspecified atom stereocenters. The van der Waals surface area contributed by atoms with Crippen molar-refractivity contribution in [2.45, 2.75) is 0 Å². The molecular weight excluding hydrogens is 352 g/mol. The zero-order valence-corrected chi connectivity index (χ0v) is 15.9. The number of piperazine rings is 1. The molecule has 2 heterocycles. The minimum absolute atomic E-state index is 0.244. The number of rotatable bonds is 4. The summed E-state index contributed by atoms with van der Waals surface area (Å²) in [6.07, 6.45) is 1.63. The largest absolute Gasteiger partial charge is 0.369 e. The number of para-hydroxylation sites is 1. The Morgan fingerprint density at radius 1 is 1.04 bits per heavy atom. The fourth-order valence-corrected chi connectivity index (χ4v) is 3.34. The van der Waals surface area contributed by atoms with E-state index in [0.717, 1.165) is 43.2 Å². The van der Waals surface area contributed by atoms with E-state index < -0.39 is 0 Å². The molecule has 3 aromatic rings. The number of nitrogens with zero attached hydrogens (tertiary/aromatic N) is 4. The molecule has 0 saturated carbocycles. The van der Waals surface area contributed by atoms with Gasteiger partial charge >= 0.3 is 6.03 Å². The quantitative estimate of drug-likeness (QED) is 0.731. The van der Waals surface area contributed by atoms with Gasteiger partial charge in [0.05, 0.1) is 11.9 Å². The van der Waals surface area contributed by atoms with Crippen LogP contribution in [0, 0.1) is 0 Å². The van der Waals surface area contributed by atoms with Crippen LogP contribution in [0.4, 0.5) is 27.7 Å². The second-order valence-electron chi connectivity index (χ2n) is 6.88. The van der Waals surface area contributed by atoms with E-state index in [2.05, 4.69) is 38.4 Å². The number of hydrogen-bond acceptors (Lipinski definition) is 4. The van der Waals surface area contributed by atoms with Crippen LogP contribution in [0.3, 0.4) is 0 Å². The molecule has 1 aliphatic rings. The minimum atomic E-state index is -0.244. The standard InChI is InChI=1S/C21H24N6O/c1-25-12-14-26(15-13-25)19-9-5-6-17(16-19)23-21(28)27(20-10-11-22-24-20)18-7-3-2-4-8-18/h2-11,16H,12-15H2,1H3,(H,22,24)(H,23,28). The molecule has 2 aromatic carbocycles. The Balaban J connectivity index is 1.54. The SMILES string of the molecule is CN1CCN(c2cccc(NC(=O)N(c3ccccc3)c3ccn[nH]3)c2)CC1. The first-order valence-corrected chi connectivity index (χ1v) is 9.40. The monoisotopic (exact) mass is 376 g/mol. The van der Waals surface area contributed by atoms with Crippen LogP contribution >= 0.6 is 0 Å². The lowest BCUT2D eigenvalue weighted by Crippen LogP contribution is -2.44. The first kappa shape index (κ1) is 18.1. The van der Waals surface area contributed by atoms with E-state index in [1.807, 2.05) is 48.5 Å². The van der Waals surface area contributed by atoms with Crippen LogP contribution in [0.5, 0.6) is 0 Å². The van der Waals surface area contributed by atoms with Crippen molar-refractivity contribution in [2.75, 3.05) is 48.3 Å². The maximum atomic E-state index is 13.1. The van der Waals surface area contributed by atoms with Gasteiger partial charge in [-0.15, -0.1) is 0 Å². The highest BCUT2D eigenvalue weighted by Gasteiger charge is 2.20. The van der Waals surface area contributed by atoms with Crippen molar-refractivity contribution >= 4 is 28.9 Å². The molecule has 2 N–H and O–H groups in total. The summed E-state index contributed by atoms with van der Waals surface area (Å²) in [4.78, 5) is 19.3. The molecule has 7 heteroatoms. The fraction of sp³-hybridized carbons (Fsp3) is 0.238. The van der Waals surface area contributed by atoms with Crippen molar-refractivity contribution in [3.05, 3.63) is 66.9 Å². The maximum absolute atomic E-state index is 13.1. The van der Waals surface area contributed by atoms with Crippen molar-refractivity contribution in [1.29, 1.82) is 0 Å². The predicted octanol–water partition coefficient (Wildman–Crippen LogP) is 3.53. The highest BCUT2D eigenvalue weighted by atomic mass is 16.2. The number of aromatic amines is 1. The third-order valence-electron chi connectivity index (χ3n) is 4.91. The number of H-pyrrole nitrogens is 1. The normalized spacial score (nSPS) is 14.7. The predicted molar refractivity (Wildman–Crippen MR) is 112 cm³/mol. The molecule has 1 aliphatic heterocycles. The highest BCUT2D eigenvalue weighted by Crippen LogP contribution is 2.26. The lowest BCUT2D eigenvalue weighted by molar-refractivity contribution is 0.259. The lowest BCUT2D eigenvalue weighted by atomic mass is 10.2. The second-order valence-corrected chi connectivity index (χ2v) is 6.88. The van der Waals surface area contributed by atoms with Crippen molar-refractivity contribution < 1.29 is 4.79 Å². The topological polar surface area (TPSA) is 67.5 Å². The molecule has 1 saturated heterocycles. The Labute approximate surface area is 164 Å². The van der Waals surface area contributed by atoms with Gasteiger partial charge in [-0.3, -0.25) is 5.10 Å². The molecular formula is C21H24N6O.